The van der Waals surface area contributed by atoms with Gasteiger partial charge in [-0.2, -0.15) is 0 Å². The van der Waals surface area contributed by atoms with E-state index >= 15 is 0 Å². The van der Waals surface area contributed by atoms with Gasteiger partial charge in [0.05, 0.1) is 31.5 Å². The molecule has 0 aliphatic carbocycles. The third-order valence-electron chi connectivity index (χ3n) is 6.99. The summed E-state index contributed by atoms with van der Waals surface area (Å²) in [5, 5.41) is 39.6. The van der Waals surface area contributed by atoms with E-state index in [-0.39, 0.29) is 50.6 Å². The lowest BCUT2D eigenvalue weighted by molar-refractivity contribution is -0.192. The van der Waals surface area contributed by atoms with E-state index in [0.717, 1.165) is 25.7 Å². The van der Waals surface area contributed by atoms with Gasteiger partial charge in [-0.05, 0) is 26.7 Å². The van der Waals surface area contributed by atoms with Crippen molar-refractivity contribution in [3.8, 4) is 0 Å². The lowest BCUT2D eigenvalue weighted by Crippen LogP contribution is -2.59. The summed E-state index contributed by atoms with van der Waals surface area (Å²) in [6.07, 6.45) is 2.89. The second-order valence-electron chi connectivity index (χ2n) is 10.3. The van der Waals surface area contributed by atoms with Crippen molar-refractivity contribution < 1.29 is 49.0 Å². The van der Waals surface area contributed by atoms with Gasteiger partial charge in [0.1, 0.15) is 17.8 Å². The van der Waals surface area contributed by atoms with E-state index in [1.54, 1.807) is 13.8 Å². The molecular formula is C26H42O10. The van der Waals surface area contributed by atoms with E-state index in [1.165, 1.54) is 6.08 Å². The highest BCUT2D eigenvalue weighted by Crippen LogP contribution is 2.39. The first-order valence-electron chi connectivity index (χ1n) is 12.9. The normalized spacial score (nSPS) is 30.1. The van der Waals surface area contributed by atoms with Gasteiger partial charge in [-0.3, -0.25) is 9.59 Å². The number of unbranched alkanes of at least 4 members (excludes halogenated alkanes) is 5. The average Bonchev–Trinajstić information content (AvgIpc) is 3.56. The zero-order chi connectivity index (χ0) is 26.9. The van der Waals surface area contributed by atoms with Crippen LogP contribution < -0.4 is 0 Å². The molecular weight excluding hydrogens is 472 g/mol. The predicted octanol–water partition coefficient (Wildman–Crippen LogP) is 1.92. The molecule has 0 bridgehead atoms. The molecule has 2 saturated heterocycles. The minimum Gasteiger partial charge on any atom is -0.481 e. The number of carboxylic acid groups (broad SMARTS) is 1. The number of aliphatic carboxylic acids is 1. The maximum absolute atomic E-state index is 12.7. The van der Waals surface area contributed by atoms with E-state index in [0.29, 0.717) is 18.4 Å². The molecule has 10 heteroatoms. The van der Waals surface area contributed by atoms with Crippen LogP contribution in [-0.2, 0) is 28.6 Å². The van der Waals surface area contributed by atoms with Crippen molar-refractivity contribution in [3.63, 3.8) is 0 Å². The molecule has 0 radical (unpaired) electrons. The van der Waals surface area contributed by atoms with Crippen LogP contribution in [0.2, 0.25) is 0 Å². The van der Waals surface area contributed by atoms with Gasteiger partial charge in [0.15, 0.2) is 5.78 Å². The Morgan fingerprint density at radius 1 is 1.17 bits per heavy atom. The first-order chi connectivity index (χ1) is 16.9. The molecule has 2 heterocycles. The number of hydrogen-bond donors (Lipinski definition) is 4. The number of aliphatic hydroxyl groups excluding tert-OH is 2. The topological polar surface area (TPSA) is 163 Å². The number of esters is 1. The fourth-order valence-corrected chi connectivity index (χ4v) is 4.44. The molecule has 4 N–H and O–H groups in total. The van der Waals surface area contributed by atoms with Crippen LogP contribution in [0.1, 0.15) is 78.6 Å². The maximum Gasteiger partial charge on any atom is 0.330 e. The van der Waals surface area contributed by atoms with Crippen molar-refractivity contribution in [2.24, 2.45) is 5.92 Å². The lowest BCUT2D eigenvalue weighted by atomic mass is 9.82. The number of rotatable bonds is 16. The van der Waals surface area contributed by atoms with Gasteiger partial charge in [0.2, 0.25) is 0 Å². The van der Waals surface area contributed by atoms with Crippen LogP contribution in [0, 0.1) is 5.92 Å². The standard InChI is InChI=1S/C26H42O10/c1-16(13-22(30)34-11-9-7-5-4-6-8-10-21(28)29)12-19-23(31)25(32)26(33,15-35-19)14-20-24(36-20)17(2)18(3)27/h13,17-20,24-25,27,32-33H,4-12,14-15H2,1-3H3,(H,28,29). The Hall–Kier alpha value is -1.85. The van der Waals surface area contributed by atoms with Crippen LogP contribution >= 0.6 is 0 Å². The third kappa shape index (κ3) is 9.55. The quantitative estimate of drug-likeness (QED) is 0.104. The molecule has 0 spiro atoms. The van der Waals surface area contributed by atoms with Crippen LogP contribution in [0.15, 0.2) is 11.6 Å². The molecule has 0 aromatic carbocycles. The highest BCUT2D eigenvalue weighted by Gasteiger charge is 2.55. The minimum atomic E-state index is -1.77. The Morgan fingerprint density at radius 2 is 1.81 bits per heavy atom. The van der Waals surface area contributed by atoms with Crippen molar-refractivity contribution >= 4 is 17.7 Å². The van der Waals surface area contributed by atoms with Gasteiger partial charge < -0.3 is 34.6 Å². The maximum atomic E-state index is 12.7. The van der Waals surface area contributed by atoms with Crippen molar-refractivity contribution in [2.45, 2.75) is 115 Å². The lowest BCUT2D eigenvalue weighted by Gasteiger charge is -2.39. The Labute approximate surface area is 212 Å². The number of ether oxygens (including phenoxy) is 3. The van der Waals surface area contributed by atoms with Crippen molar-refractivity contribution in [3.05, 3.63) is 11.6 Å². The molecule has 0 amide bonds. The van der Waals surface area contributed by atoms with Crippen LogP contribution in [0.25, 0.3) is 0 Å². The summed E-state index contributed by atoms with van der Waals surface area (Å²) < 4.78 is 16.3. The number of epoxide rings is 1. The Bertz CT molecular complexity index is 779. The molecule has 2 fully saturated rings. The summed E-state index contributed by atoms with van der Waals surface area (Å²) in [5.74, 6) is -2.07. The van der Waals surface area contributed by atoms with Crippen LogP contribution in [-0.4, -0.2) is 87.5 Å². The number of carbonyl (C=O) groups excluding carboxylic acids is 2. The van der Waals surface area contributed by atoms with Gasteiger partial charge >= 0.3 is 11.9 Å². The summed E-state index contributed by atoms with van der Waals surface area (Å²) in [4.78, 5) is 35.2. The second-order valence-corrected chi connectivity index (χ2v) is 10.3. The first-order valence-corrected chi connectivity index (χ1v) is 12.9. The fourth-order valence-electron chi connectivity index (χ4n) is 4.44. The first kappa shape index (κ1) is 30.4. The van der Waals surface area contributed by atoms with Crippen LogP contribution in [0.4, 0.5) is 0 Å². The van der Waals surface area contributed by atoms with E-state index < -0.39 is 41.6 Å². The molecule has 2 rings (SSSR count). The summed E-state index contributed by atoms with van der Waals surface area (Å²) in [6.45, 7) is 5.20. The van der Waals surface area contributed by atoms with Gasteiger partial charge in [-0.1, -0.05) is 38.2 Å². The van der Waals surface area contributed by atoms with Crippen LogP contribution in [0.5, 0.6) is 0 Å². The van der Waals surface area contributed by atoms with E-state index in [9.17, 15) is 29.7 Å². The Morgan fingerprint density at radius 3 is 2.44 bits per heavy atom. The van der Waals surface area contributed by atoms with Crippen LogP contribution in [0.3, 0.4) is 0 Å². The number of hydrogen-bond acceptors (Lipinski definition) is 9. The molecule has 206 valence electrons. The zero-order valence-electron chi connectivity index (χ0n) is 21.6. The summed E-state index contributed by atoms with van der Waals surface area (Å²) in [6, 6.07) is 0. The predicted molar refractivity (Wildman–Crippen MR) is 129 cm³/mol. The van der Waals surface area contributed by atoms with E-state index in [4.69, 9.17) is 19.3 Å². The molecule has 2 aliphatic heterocycles. The minimum absolute atomic E-state index is 0.0256. The summed E-state index contributed by atoms with van der Waals surface area (Å²) in [7, 11) is 0. The SMILES string of the molecule is CC(=CC(=O)OCCCCCCCCC(=O)O)CC1OCC(O)(CC2OC2C(C)C(C)O)C(O)C1=O. The highest BCUT2D eigenvalue weighted by atomic mass is 16.6. The summed E-state index contributed by atoms with van der Waals surface area (Å²) >= 11 is 0. The number of carboxylic acids is 1. The summed E-state index contributed by atoms with van der Waals surface area (Å²) in [5.41, 5.74) is -1.20. The van der Waals surface area contributed by atoms with E-state index in [2.05, 4.69) is 0 Å². The number of carbonyl (C=O) groups is 3. The molecule has 7 atom stereocenters. The molecule has 7 unspecified atom stereocenters. The number of aliphatic hydroxyl groups is 3. The van der Waals surface area contributed by atoms with Gasteiger partial charge in [-0.25, -0.2) is 4.79 Å². The Kier molecular flexibility index (Phi) is 12.0. The molecule has 2 aliphatic rings. The Balaban J connectivity index is 1.67. The third-order valence-corrected chi connectivity index (χ3v) is 6.99. The van der Waals surface area contributed by atoms with Crippen molar-refractivity contribution in [2.75, 3.05) is 13.2 Å². The van der Waals surface area contributed by atoms with Crippen molar-refractivity contribution in [1.82, 2.24) is 0 Å². The smallest absolute Gasteiger partial charge is 0.330 e. The largest absolute Gasteiger partial charge is 0.481 e. The molecule has 0 aromatic rings. The number of ketones is 1. The molecule has 0 saturated carbocycles. The average molecular weight is 515 g/mol. The van der Waals surface area contributed by atoms with Gasteiger partial charge in [-0.15, -0.1) is 0 Å². The fraction of sp³-hybridized carbons (Fsp3) is 0.808. The number of Topliss-reactive ketones (excluding diaryl/α,β-unsaturated/α-hetero) is 1. The zero-order valence-corrected chi connectivity index (χ0v) is 21.6. The second kappa shape index (κ2) is 14.2. The highest BCUT2D eigenvalue weighted by molar-refractivity contribution is 5.89. The molecule has 10 nitrogen and oxygen atoms in total. The van der Waals surface area contributed by atoms with E-state index in [1.807, 2.05) is 6.92 Å². The monoisotopic (exact) mass is 514 g/mol. The molecule has 36 heavy (non-hydrogen) atoms. The molecule has 0 aromatic heterocycles. The van der Waals surface area contributed by atoms with Gasteiger partial charge in [0, 0.05) is 31.3 Å². The van der Waals surface area contributed by atoms with Crippen molar-refractivity contribution in [1.29, 1.82) is 0 Å². The van der Waals surface area contributed by atoms with Gasteiger partial charge in [0.25, 0.3) is 0 Å².